The van der Waals surface area contributed by atoms with Gasteiger partial charge in [-0.3, -0.25) is 0 Å². The predicted octanol–water partition coefficient (Wildman–Crippen LogP) is 3.25. The Bertz CT molecular complexity index is 517. The highest BCUT2D eigenvalue weighted by atomic mass is 19.1. The number of halogens is 2. The molecule has 0 unspecified atom stereocenters. The molecule has 0 radical (unpaired) electrons. The van der Waals surface area contributed by atoms with Crippen LogP contribution in [0.4, 0.5) is 8.78 Å². The molecule has 1 N–H and O–H groups in total. The fraction of sp³-hybridized carbons (Fsp3) is 0.385. The lowest BCUT2D eigenvalue weighted by Gasteiger charge is -2.14. The summed E-state index contributed by atoms with van der Waals surface area (Å²) in [6.07, 6.45) is 1.47. The van der Waals surface area contributed by atoms with Crippen molar-refractivity contribution in [3.8, 4) is 0 Å². The van der Waals surface area contributed by atoms with Gasteiger partial charge < -0.3 is 9.73 Å². The molecule has 0 saturated heterocycles. The van der Waals surface area contributed by atoms with Crippen LogP contribution in [0.5, 0.6) is 0 Å². The van der Waals surface area contributed by atoms with Crippen molar-refractivity contribution in [1.82, 2.24) is 5.32 Å². The molecule has 0 aliphatic rings. The third-order valence-corrected chi connectivity index (χ3v) is 3.02. The highest BCUT2D eigenvalue weighted by Crippen LogP contribution is 2.23. The van der Waals surface area contributed by atoms with Gasteiger partial charge >= 0.3 is 0 Å². The van der Waals surface area contributed by atoms with Gasteiger partial charge in [-0.15, -0.1) is 0 Å². The summed E-state index contributed by atoms with van der Waals surface area (Å²) >= 11 is 0. The first-order chi connectivity index (χ1) is 8.13. The maximum absolute atomic E-state index is 13.8. The summed E-state index contributed by atoms with van der Waals surface area (Å²) < 4.78 is 31.5. The number of hydrogen-bond acceptors (Lipinski definition) is 2. The second-order valence-corrected chi connectivity index (χ2v) is 4.13. The molecular formula is C13H15F2NO. The van der Waals surface area contributed by atoms with Crippen molar-refractivity contribution in [3.63, 3.8) is 0 Å². The van der Waals surface area contributed by atoms with Crippen molar-refractivity contribution in [2.75, 3.05) is 7.05 Å². The molecule has 0 spiro atoms. The van der Waals surface area contributed by atoms with Crippen molar-refractivity contribution in [2.45, 2.75) is 25.8 Å². The van der Waals surface area contributed by atoms with E-state index in [1.807, 2.05) is 14.0 Å². The van der Waals surface area contributed by atoms with E-state index in [1.165, 1.54) is 12.1 Å². The molecule has 1 atom stereocenters. The Morgan fingerprint density at radius 2 is 2.06 bits per heavy atom. The Hall–Kier alpha value is -1.42. The number of likely N-dealkylation sites (N-methyl/N-ethyl adjacent to an activating group) is 1. The Morgan fingerprint density at radius 3 is 2.71 bits per heavy atom. The lowest BCUT2D eigenvalue weighted by Crippen LogP contribution is -2.26. The van der Waals surface area contributed by atoms with Crippen molar-refractivity contribution in [3.05, 3.63) is 35.6 Å². The maximum Gasteiger partial charge on any atom is 0.278 e. The van der Waals surface area contributed by atoms with Gasteiger partial charge in [0.25, 0.3) is 6.01 Å². The third-order valence-electron chi connectivity index (χ3n) is 3.02. The SMILES string of the molecule is CC[C@H](Cc1cc2oc(F)cc2cc1F)NC. The van der Waals surface area contributed by atoms with E-state index in [1.54, 1.807) is 6.07 Å². The number of benzene rings is 1. The zero-order valence-electron chi connectivity index (χ0n) is 9.89. The average Bonchev–Trinajstić information content (AvgIpc) is 2.65. The third kappa shape index (κ3) is 2.47. The van der Waals surface area contributed by atoms with Crippen LogP contribution >= 0.6 is 0 Å². The van der Waals surface area contributed by atoms with Gasteiger partial charge in [-0.05, 0) is 37.6 Å². The van der Waals surface area contributed by atoms with Crippen molar-refractivity contribution in [1.29, 1.82) is 0 Å². The molecule has 0 aliphatic heterocycles. The van der Waals surface area contributed by atoms with E-state index >= 15 is 0 Å². The molecule has 0 fully saturated rings. The molecule has 0 amide bonds. The van der Waals surface area contributed by atoms with E-state index in [4.69, 9.17) is 4.42 Å². The first kappa shape index (κ1) is 12.0. The van der Waals surface area contributed by atoms with Crippen molar-refractivity contribution in [2.24, 2.45) is 0 Å². The second kappa shape index (κ2) is 4.84. The monoisotopic (exact) mass is 239 g/mol. The number of fused-ring (bicyclic) bond motifs is 1. The molecule has 17 heavy (non-hydrogen) atoms. The number of hydrogen-bond donors (Lipinski definition) is 1. The number of rotatable bonds is 4. The van der Waals surface area contributed by atoms with Crippen LogP contribution in [0.3, 0.4) is 0 Å². The molecule has 4 heteroatoms. The van der Waals surface area contributed by atoms with Gasteiger partial charge in [-0.1, -0.05) is 6.92 Å². The van der Waals surface area contributed by atoms with Crippen LogP contribution in [0.1, 0.15) is 18.9 Å². The van der Waals surface area contributed by atoms with Gasteiger partial charge in [-0.2, -0.15) is 4.39 Å². The van der Waals surface area contributed by atoms with E-state index in [-0.39, 0.29) is 11.9 Å². The standard InChI is InChI=1S/C13H15F2NO/c1-3-10(16-2)4-8-6-12-9(5-11(8)14)7-13(15)17-12/h5-7,10,16H,3-4H2,1-2H3/t10-/m1/s1. The molecule has 2 rings (SSSR count). The number of furan rings is 1. The molecule has 0 saturated carbocycles. The van der Waals surface area contributed by atoms with Crippen molar-refractivity contribution < 1.29 is 13.2 Å². The zero-order valence-corrected chi connectivity index (χ0v) is 9.89. The highest BCUT2D eigenvalue weighted by molar-refractivity contribution is 5.78. The Morgan fingerprint density at radius 1 is 1.29 bits per heavy atom. The van der Waals surface area contributed by atoms with Crippen LogP contribution in [0.15, 0.2) is 22.6 Å². The highest BCUT2D eigenvalue weighted by Gasteiger charge is 2.12. The minimum absolute atomic E-state index is 0.210. The summed E-state index contributed by atoms with van der Waals surface area (Å²) in [4.78, 5) is 0. The van der Waals surface area contributed by atoms with Crippen LogP contribution in [0.2, 0.25) is 0 Å². The maximum atomic E-state index is 13.8. The second-order valence-electron chi connectivity index (χ2n) is 4.13. The lowest BCUT2D eigenvalue weighted by molar-refractivity contribution is 0.380. The molecule has 1 aromatic heterocycles. The van der Waals surface area contributed by atoms with Crippen LogP contribution in [0, 0.1) is 11.8 Å². The Balaban J connectivity index is 2.36. The van der Waals surface area contributed by atoms with Crippen LogP contribution < -0.4 is 5.32 Å². The average molecular weight is 239 g/mol. The van der Waals surface area contributed by atoms with E-state index in [9.17, 15) is 8.78 Å². The first-order valence-electron chi connectivity index (χ1n) is 5.68. The summed E-state index contributed by atoms with van der Waals surface area (Å²) in [5.41, 5.74) is 0.943. The summed E-state index contributed by atoms with van der Waals surface area (Å²) in [5, 5.41) is 3.57. The molecule has 0 bridgehead atoms. The summed E-state index contributed by atoms with van der Waals surface area (Å²) in [6, 6.07) is 3.62. The first-order valence-corrected chi connectivity index (χ1v) is 5.68. The van der Waals surface area contributed by atoms with Gasteiger partial charge in [0.15, 0.2) is 0 Å². The molecule has 2 nitrogen and oxygen atoms in total. The smallest absolute Gasteiger partial charge is 0.278 e. The molecule has 0 aliphatic carbocycles. The summed E-state index contributed by atoms with van der Waals surface area (Å²) in [5.74, 6) is -0.313. The van der Waals surface area contributed by atoms with Crippen LogP contribution in [0.25, 0.3) is 11.0 Å². The van der Waals surface area contributed by atoms with E-state index in [2.05, 4.69) is 5.32 Å². The minimum Gasteiger partial charge on any atom is -0.431 e. The Labute approximate surface area is 98.6 Å². The summed E-state index contributed by atoms with van der Waals surface area (Å²) in [6.45, 7) is 2.03. The fourth-order valence-corrected chi connectivity index (χ4v) is 1.94. The molecule has 1 heterocycles. The zero-order chi connectivity index (χ0) is 12.4. The fourth-order valence-electron chi connectivity index (χ4n) is 1.94. The Kier molecular flexibility index (Phi) is 3.43. The van der Waals surface area contributed by atoms with Gasteiger partial charge in [0.1, 0.15) is 11.4 Å². The normalized spacial score (nSPS) is 13.2. The van der Waals surface area contributed by atoms with Gasteiger partial charge in [-0.25, -0.2) is 4.39 Å². The minimum atomic E-state index is -0.683. The lowest BCUT2D eigenvalue weighted by atomic mass is 10.0. The largest absolute Gasteiger partial charge is 0.431 e. The predicted molar refractivity (Wildman–Crippen MR) is 63.0 cm³/mol. The van der Waals surface area contributed by atoms with Gasteiger partial charge in [0.2, 0.25) is 0 Å². The van der Waals surface area contributed by atoms with E-state index in [0.717, 1.165) is 6.42 Å². The van der Waals surface area contributed by atoms with E-state index < -0.39 is 6.01 Å². The molecule has 2 aromatic rings. The topological polar surface area (TPSA) is 25.2 Å². The van der Waals surface area contributed by atoms with E-state index in [0.29, 0.717) is 23.0 Å². The number of nitrogens with one attached hydrogen (secondary N) is 1. The van der Waals surface area contributed by atoms with Crippen molar-refractivity contribution >= 4 is 11.0 Å². The van der Waals surface area contributed by atoms with Gasteiger partial charge in [0.05, 0.1) is 0 Å². The molecular weight excluding hydrogens is 224 g/mol. The van der Waals surface area contributed by atoms with Crippen LogP contribution in [-0.2, 0) is 6.42 Å². The summed E-state index contributed by atoms with van der Waals surface area (Å²) in [7, 11) is 1.84. The molecule has 92 valence electrons. The quantitative estimate of drug-likeness (QED) is 0.886. The van der Waals surface area contributed by atoms with Crippen LogP contribution in [-0.4, -0.2) is 13.1 Å². The van der Waals surface area contributed by atoms with Gasteiger partial charge in [0, 0.05) is 17.5 Å². The molecule has 1 aromatic carbocycles.